The molecule has 0 saturated heterocycles. The van der Waals surface area contributed by atoms with Gasteiger partial charge in [0.2, 0.25) is 0 Å². The SMILES string of the molecule is Cc1ccc(C(=O)OCC(=O)Nc2ncc(C(F)(F)F)cc2Cl)cc1. The predicted octanol–water partition coefficient (Wildman–Crippen LogP) is 3.86. The molecule has 1 amide bonds. The van der Waals surface area contributed by atoms with Gasteiger partial charge in [0.05, 0.1) is 16.1 Å². The number of benzene rings is 1. The van der Waals surface area contributed by atoms with E-state index in [-0.39, 0.29) is 16.4 Å². The van der Waals surface area contributed by atoms with E-state index < -0.39 is 30.2 Å². The second-order valence-corrected chi connectivity index (χ2v) is 5.45. The molecule has 0 unspecified atom stereocenters. The van der Waals surface area contributed by atoms with Gasteiger partial charge >= 0.3 is 12.1 Å². The van der Waals surface area contributed by atoms with E-state index in [0.29, 0.717) is 12.3 Å². The maximum atomic E-state index is 12.5. The summed E-state index contributed by atoms with van der Waals surface area (Å²) in [4.78, 5) is 26.9. The fourth-order valence-corrected chi connectivity index (χ4v) is 1.97. The van der Waals surface area contributed by atoms with Crippen LogP contribution < -0.4 is 5.32 Å². The van der Waals surface area contributed by atoms with Crippen molar-refractivity contribution >= 4 is 29.3 Å². The monoisotopic (exact) mass is 372 g/mol. The van der Waals surface area contributed by atoms with Crippen molar-refractivity contribution in [2.45, 2.75) is 13.1 Å². The zero-order valence-corrected chi connectivity index (χ0v) is 13.6. The molecular formula is C16H12ClF3N2O3. The first-order valence-corrected chi connectivity index (χ1v) is 7.31. The predicted molar refractivity (Wildman–Crippen MR) is 84.3 cm³/mol. The third-order valence-electron chi connectivity index (χ3n) is 3.05. The fourth-order valence-electron chi connectivity index (χ4n) is 1.76. The molecule has 1 aromatic heterocycles. The molecule has 0 saturated carbocycles. The summed E-state index contributed by atoms with van der Waals surface area (Å²) in [5.74, 6) is -1.75. The number of nitrogens with one attached hydrogen (secondary N) is 1. The number of rotatable bonds is 4. The van der Waals surface area contributed by atoms with Gasteiger partial charge in [-0.05, 0) is 25.1 Å². The van der Waals surface area contributed by atoms with E-state index in [1.165, 1.54) is 0 Å². The van der Waals surface area contributed by atoms with Crippen molar-refractivity contribution in [3.05, 3.63) is 58.2 Å². The smallest absolute Gasteiger partial charge is 0.417 e. The first-order valence-electron chi connectivity index (χ1n) is 6.93. The number of anilines is 1. The number of aryl methyl sites for hydroxylation is 1. The third-order valence-corrected chi connectivity index (χ3v) is 3.34. The second-order valence-electron chi connectivity index (χ2n) is 5.04. The number of hydrogen-bond acceptors (Lipinski definition) is 4. The molecule has 1 heterocycles. The van der Waals surface area contributed by atoms with Gasteiger partial charge in [0, 0.05) is 6.20 Å². The first kappa shape index (κ1) is 18.7. The van der Waals surface area contributed by atoms with E-state index in [1.54, 1.807) is 24.3 Å². The first-order chi connectivity index (χ1) is 11.7. The molecule has 2 rings (SSSR count). The van der Waals surface area contributed by atoms with Gasteiger partial charge in [0.15, 0.2) is 12.4 Å². The van der Waals surface area contributed by atoms with Crippen LogP contribution in [0.15, 0.2) is 36.5 Å². The second kappa shape index (κ2) is 7.52. The molecule has 0 bridgehead atoms. The summed E-state index contributed by atoms with van der Waals surface area (Å²) in [6.07, 6.45) is -4.05. The maximum Gasteiger partial charge on any atom is 0.417 e. The lowest BCUT2D eigenvalue weighted by atomic mass is 10.1. The molecule has 2 aromatic rings. The van der Waals surface area contributed by atoms with E-state index in [0.717, 1.165) is 5.56 Å². The highest BCUT2D eigenvalue weighted by Gasteiger charge is 2.31. The van der Waals surface area contributed by atoms with Gasteiger partial charge < -0.3 is 10.1 Å². The van der Waals surface area contributed by atoms with Crippen LogP contribution in [0.5, 0.6) is 0 Å². The molecule has 0 aliphatic heterocycles. The molecule has 1 N–H and O–H groups in total. The van der Waals surface area contributed by atoms with Crippen LogP contribution in [0, 0.1) is 6.92 Å². The molecule has 9 heteroatoms. The highest BCUT2D eigenvalue weighted by atomic mass is 35.5. The maximum absolute atomic E-state index is 12.5. The van der Waals surface area contributed by atoms with E-state index >= 15 is 0 Å². The summed E-state index contributed by atoms with van der Waals surface area (Å²) < 4.78 is 42.4. The number of alkyl halides is 3. The zero-order chi connectivity index (χ0) is 18.6. The summed E-state index contributed by atoms with van der Waals surface area (Å²) in [6, 6.07) is 7.15. The molecule has 0 atom stereocenters. The van der Waals surface area contributed by atoms with E-state index in [9.17, 15) is 22.8 Å². The molecule has 1 aromatic carbocycles. The Morgan fingerprint density at radius 2 is 1.88 bits per heavy atom. The van der Waals surface area contributed by atoms with Crippen LogP contribution in [0.3, 0.4) is 0 Å². The van der Waals surface area contributed by atoms with Crippen LogP contribution in [-0.2, 0) is 15.7 Å². The van der Waals surface area contributed by atoms with Crippen LogP contribution in [0.4, 0.5) is 19.0 Å². The lowest BCUT2D eigenvalue weighted by Crippen LogP contribution is -2.22. The van der Waals surface area contributed by atoms with E-state index in [1.807, 2.05) is 6.92 Å². The minimum absolute atomic E-state index is 0.258. The Labute approximate surface area is 145 Å². The van der Waals surface area contributed by atoms with Crippen LogP contribution in [0.1, 0.15) is 21.5 Å². The van der Waals surface area contributed by atoms with E-state index in [2.05, 4.69) is 10.3 Å². The average molecular weight is 373 g/mol. The number of carbonyl (C=O) groups excluding carboxylic acids is 2. The Hall–Kier alpha value is -2.61. The molecule has 0 fully saturated rings. The van der Waals surface area contributed by atoms with Gasteiger partial charge in [-0.25, -0.2) is 9.78 Å². The summed E-state index contributed by atoms with van der Waals surface area (Å²) in [7, 11) is 0. The van der Waals surface area contributed by atoms with Crippen molar-refractivity contribution in [2.24, 2.45) is 0 Å². The molecule has 25 heavy (non-hydrogen) atoms. The molecule has 0 spiro atoms. The van der Waals surface area contributed by atoms with Crippen molar-refractivity contribution in [2.75, 3.05) is 11.9 Å². The Kier molecular flexibility index (Phi) is 5.63. The van der Waals surface area contributed by atoms with Crippen LogP contribution in [-0.4, -0.2) is 23.5 Å². The van der Waals surface area contributed by atoms with Crippen LogP contribution >= 0.6 is 11.6 Å². The number of nitrogens with zero attached hydrogens (tertiary/aromatic N) is 1. The van der Waals surface area contributed by atoms with Gasteiger partial charge in [-0.2, -0.15) is 13.2 Å². The lowest BCUT2D eigenvalue weighted by molar-refractivity contribution is -0.137. The molecule has 132 valence electrons. The van der Waals surface area contributed by atoms with Crippen molar-refractivity contribution < 1.29 is 27.5 Å². The van der Waals surface area contributed by atoms with Gasteiger partial charge in [0.1, 0.15) is 0 Å². The standard InChI is InChI=1S/C16H12ClF3N2O3/c1-9-2-4-10(5-3-9)15(24)25-8-13(23)22-14-12(17)6-11(7-21-14)16(18,19)20/h2-7H,8H2,1H3,(H,21,22,23). The Bertz CT molecular complexity index is 792. The quantitative estimate of drug-likeness (QED) is 0.827. The number of aromatic nitrogens is 1. The molecular weight excluding hydrogens is 361 g/mol. The molecule has 5 nitrogen and oxygen atoms in total. The van der Waals surface area contributed by atoms with E-state index in [4.69, 9.17) is 16.3 Å². The minimum Gasteiger partial charge on any atom is -0.452 e. The Morgan fingerprint density at radius 1 is 1.24 bits per heavy atom. The largest absolute Gasteiger partial charge is 0.452 e. The fraction of sp³-hybridized carbons (Fsp3) is 0.188. The van der Waals surface area contributed by atoms with Gasteiger partial charge in [-0.3, -0.25) is 4.79 Å². The summed E-state index contributed by atoms with van der Waals surface area (Å²) in [5, 5.41) is 1.80. The number of pyridine rings is 1. The molecule has 0 radical (unpaired) electrons. The van der Waals surface area contributed by atoms with Gasteiger partial charge in [0.25, 0.3) is 5.91 Å². The van der Waals surface area contributed by atoms with Crippen molar-refractivity contribution in [3.63, 3.8) is 0 Å². The molecule has 0 aliphatic rings. The number of halogens is 4. The van der Waals surface area contributed by atoms with Crippen LogP contribution in [0.2, 0.25) is 5.02 Å². The minimum atomic E-state index is -4.59. The topological polar surface area (TPSA) is 68.3 Å². The van der Waals surface area contributed by atoms with Crippen molar-refractivity contribution in [1.29, 1.82) is 0 Å². The Balaban J connectivity index is 1.94. The number of esters is 1. The average Bonchev–Trinajstić information content (AvgIpc) is 2.54. The van der Waals surface area contributed by atoms with Gasteiger partial charge in [-0.15, -0.1) is 0 Å². The lowest BCUT2D eigenvalue weighted by Gasteiger charge is -2.10. The highest BCUT2D eigenvalue weighted by Crippen LogP contribution is 2.32. The number of hydrogen-bond donors (Lipinski definition) is 1. The normalized spacial score (nSPS) is 11.1. The summed E-state index contributed by atoms with van der Waals surface area (Å²) >= 11 is 5.67. The van der Waals surface area contributed by atoms with Crippen molar-refractivity contribution in [1.82, 2.24) is 4.98 Å². The Morgan fingerprint density at radius 3 is 2.44 bits per heavy atom. The number of ether oxygens (including phenoxy) is 1. The third kappa shape index (κ3) is 5.18. The van der Waals surface area contributed by atoms with Crippen LogP contribution in [0.25, 0.3) is 0 Å². The van der Waals surface area contributed by atoms with Gasteiger partial charge in [-0.1, -0.05) is 29.3 Å². The molecule has 0 aliphatic carbocycles. The zero-order valence-electron chi connectivity index (χ0n) is 12.9. The van der Waals surface area contributed by atoms with Crippen molar-refractivity contribution in [3.8, 4) is 0 Å². The summed E-state index contributed by atoms with van der Waals surface area (Å²) in [5.41, 5.74) is 0.183. The number of carbonyl (C=O) groups is 2. The number of amides is 1. The highest BCUT2D eigenvalue weighted by molar-refractivity contribution is 6.33. The summed E-state index contributed by atoms with van der Waals surface area (Å²) in [6.45, 7) is 1.22.